The summed E-state index contributed by atoms with van der Waals surface area (Å²) < 4.78 is 4.73. The lowest BCUT2D eigenvalue weighted by Crippen LogP contribution is -2.49. The second-order valence-corrected chi connectivity index (χ2v) is 18.2. The molecule has 14 rings (SSSR count). The van der Waals surface area contributed by atoms with Gasteiger partial charge in [-0.1, -0.05) is 127 Å². The van der Waals surface area contributed by atoms with Crippen LogP contribution in [0.25, 0.3) is 87.3 Å². The van der Waals surface area contributed by atoms with E-state index in [1.54, 1.807) is 0 Å². The molecular formula is C57H40BN5. The van der Waals surface area contributed by atoms with Gasteiger partial charge in [0.15, 0.2) is 0 Å². The quantitative estimate of drug-likeness (QED) is 0.129. The standard InChI is InChI=1S/C57H40BN5/c1-57(2)44-31-49-42(36-14-6-9-19-47(36)61(49)3)29-51(44)63(52-30-43-37-15-7-10-20-48(37)62(4)50(43)32-45(52)57)34-23-21-33(22-24-34)58-46-18-8-5-13-35(46)39-26-25-38-40-16-11-27-59-55(40)56-41(17-12-28-60-56)53(38)54(39)58/h5-32H,1-4H3. The van der Waals surface area contributed by atoms with E-state index in [1.807, 2.05) is 18.5 Å². The molecular weight excluding hydrogens is 765 g/mol. The van der Waals surface area contributed by atoms with Crippen LogP contribution in [0.4, 0.5) is 17.1 Å². The fourth-order valence-electron chi connectivity index (χ4n) is 11.9. The maximum Gasteiger partial charge on any atom is 0.243 e. The van der Waals surface area contributed by atoms with Crippen molar-refractivity contribution in [2.24, 2.45) is 14.1 Å². The first-order valence-electron chi connectivity index (χ1n) is 22.0. The summed E-state index contributed by atoms with van der Waals surface area (Å²) in [5, 5.41) is 9.86. The molecule has 8 aromatic carbocycles. The van der Waals surface area contributed by atoms with Crippen LogP contribution in [-0.2, 0) is 19.5 Å². The molecule has 4 aromatic heterocycles. The smallest absolute Gasteiger partial charge is 0.243 e. The molecule has 0 bridgehead atoms. The SMILES string of the molecule is Cn1c2ccccc2c2cc3c(cc21)C(C)(C)c1cc2c(cc1N3c1ccc(B3c4ccccc4-c4ccc5c6cccnc6c6ncccc6c5c43)cc1)c1ccccc1n2C. The summed E-state index contributed by atoms with van der Waals surface area (Å²) in [6.45, 7) is 4.86. The molecule has 296 valence electrons. The molecule has 0 amide bonds. The maximum absolute atomic E-state index is 4.95. The van der Waals surface area contributed by atoms with Crippen molar-refractivity contribution < 1.29 is 0 Å². The van der Waals surface area contributed by atoms with Crippen molar-refractivity contribution in [3.63, 3.8) is 0 Å². The zero-order valence-electron chi connectivity index (χ0n) is 35.5. The monoisotopic (exact) mass is 805 g/mol. The van der Waals surface area contributed by atoms with Gasteiger partial charge >= 0.3 is 0 Å². The van der Waals surface area contributed by atoms with Gasteiger partial charge in [0.1, 0.15) is 0 Å². The Morgan fingerprint density at radius 2 is 1.02 bits per heavy atom. The molecule has 2 aliphatic heterocycles. The third-order valence-electron chi connectivity index (χ3n) is 14.9. The molecule has 2 aliphatic rings. The van der Waals surface area contributed by atoms with Crippen molar-refractivity contribution in [3.05, 3.63) is 181 Å². The average Bonchev–Trinajstić information content (AvgIpc) is 3.92. The van der Waals surface area contributed by atoms with Gasteiger partial charge in [-0.2, -0.15) is 0 Å². The first-order chi connectivity index (χ1) is 30.9. The van der Waals surface area contributed by atoms with E-state index >= 15 is 0 Å². The normalized spacial score (nSPS) is 14.1. The van der Waals surface area contributed by atoms with Crippen molar-refractivity contribution >= 4 is 116 Å². The van der Waals surface area contributed by atoms with Crippen molar-refractivity contribution in [1.29, 1.82) is 0 Å². The Morgan fingerprint density at radius 1 is 0.460 bits per heavy atom. The Balaban J connectivity index is 1.02. The number of hydrogen-bond acceptors (Lipinski definition) is 3. The van der Waals surface area contributed by atoms with Crippen molar-refractivity contribution in [2.75, 3.05) is 4.90 Å². The number of benzene rings is 8. The third-order valence-corrected chi connectivity index (χ3v) is 14.9. The Hall–Kier alpha value is -7.70. The lowest BCUT2D eigenvalue weighted by molar-refractivity contribution is 0.633. The van der Waals surface area contributed by atoms with E-state index in [2.05, 4.69) is 194 Å². The fraction of sp³-hybridized carbons (Fsp3) is 0.0877. The van der Waals surface area contributed by atoms with Gasteiger partial charge in [0, 0.05) is 92.0 Å². The van der Waals surface area contributed by atoms with E-state index in [0.717, 1.165) is 27.5 Å². The highest BCUT2D eigenvalue weighted by Gasteiger charge is 2.40. The van der Waals surface area contributed by atoms with Crippen LogP contribution in [0, 0.1) is 0 Å². The van der Waals surface area contributed by atoms with Crippen LogP contribution in [0.2, 0.25) is 0 Å². The number of fused-ring (bicyclic) bond motifs is 18. The lowest BCUT2D eigenvalue weighted by Gasteiger charge is -2.42. The van der Waals surface area contributed by atoms with Gasteiger partial charge in [0.05, 0.1) is 22.4 Å². The van der Waals surface area contributed by atoms with Crippen LogP contribution in [0.3, 0.4) is 0 Å². The number of nitrogens with zero attached hydrogens (tertiary/aromatic N) is 5. The predicted molar refractivity (Wildman–Crippen MR) is 266 cm³/mol. The number of anilines is 3. The van der Waals surface area contributed by atoms with Gasteiger partial charge in [0.2, 0.25) is 6.71 Å². The predicted octanol–water partition coefficient (Wildman–Crippen LogP) is 11.8. The number of para-hydroxylation sites is 2. The summed E-state index contributed by atoms with van der Waals surface area (Å²) >= 11 is 0. The number of aromatic nitrogens is 4. The molecule has 6 heteroatoms. The summed E-state index contributed by atoms with van der Waals surface area (Å²) in [5.74, 6) is 0. The Bertz CT molecular complexity index is 3820. The van der Waals surface area contributed by atoms with Gasteiger partial charge in [-0.3, -0.25) is 9.97 Å². The first-order valence-corrected chi connectivity index (χ1v) is 22.0. The second kappa shape index (κ2) is 12.2. The van der Waals surface area contributed by atoms with Crippen LogP contribution in [0.5, 0.6) is 0 Å². The Labute approximate surface area is 364 Å². The lowest BCUT2D eigenvalue weighted by atomic mass is 9.38. The number of aryl methyl sites for hydroxylation is 2. The highest BCUT2D eigenvalue weighted by atomic mass is 15.2. The molecule has 0 N–H and O–H groups in total. The summed E-state index contributed by atoms with van der Waals surface area (Å²) in [6.07, 6.45) is 3.77. The van der Waals surface area contributed by atoms with Gasteiger partial charge in [-0.15, -0.1) is 0 Å². The van der Waals surface area contributed by atoms with Crippen LogP contribution >= 0.6 is 0 Å². The van der Waals surface area contributed by atoms with Crippen LogP contribution < -0.4 is 21.3 Å². The summed E-state index contributed by atoms with van der Waals surface area (Å²) in [7, 11) is 4.41. The summed E-state index contributed by atoms with van der Waals surface area (Å²) in [5.41, 5.74) is 19.4. The highest BCUT2D eigenvalue weighted by Crippen LogP contribution is 2.55. The number of hydrogen-bond donors (Lipinski definition) is 0. The van der Waals surface area contributed by atoms with Crippen LogP contribution in [-0.4, -0.2) is 25.8 Å². The van der Waals surface area contributed by atoms with Gasteiger partial charge in [-0.05, 0) is 93.7 Å². The Morgan fingerprint density at radius 3 is 1.67 bits per heavy atom. The van der Waals surface area contributed by atoms with Crippen LogP contribution in [0.1, 0.15) is 25.0 Å². The van der Waals surface area contributed by atoms with E-state index < -0.39 is 0 Å². The topological polar surface area (TPSA) is 38.9 Å². The molecule has 12 aromatic rings. The van der Waals surface area contributed by atoms with Crippen molar-refractivity contribution in [3.8, 4) is 11.1 Å². The van der Waals surface area contributed by atoms with Crippen LogP contribution in [0.15, 0.2) is 170 Å². The first kappa shape index (κ1) is 35.0. The average molecular weight is 806 g/mol. The summed E-state index contributed by atoms with van der Waals surface area (Å²) in [6, 6.07) is 59.2. The molecule has 0 saturated heterocycles. The molecule has 0 radical (unpaired) electrons. The summed E-state index contributed by atoms with van der Waals surface area (Å²) in [4.78, 5) is 12.4. The second-order valence-electron chi connectivity index (χ2n) is 18.2. The van der Waals surface area contributed by atoms with Crippen molar-refractivity contribution in [2.45, 2.75) is 19.3 Å². The van der Waals surface area contributed by atoms with E-state index in [-0.39, 0.29) is 12.1 Å². The van der Waals surface area contributed by atoms with Gasteiger partial charge < -0.3 is 14.0 Å². The molecule has 0 fully saturated rings. The minimum atomic E-state index is -0.272. The number of pyridine rings is 2. The zero-order chi connectivity index (χ0) is 41.9. The van der Waals surface area contributed by atoms with E-state index in [4.69, 9.17) is 9.97 Å². The molecule has 0 unspecified atom stereocenters. The minimum absolute atomic E-state index is 0.0388. The largest absolute Gasteiger partial charge is 0.344 e. The molecule has 0 atom stereocenters. The fourth-order valence-corrected chi connectivity index (χ4v) is 11.9. The molecule has 0 spiro atoms. The molecule has 0 saturated carbocycles. The van der Waals surface area contributed by atoms with Gasteiger partial charge in [0.25, 0.3) is 0 Å². The molecule has 0 aliphatic carbocycles. The van der Waals surface area contributed by atoms with E-state index in [9.17, 15) is 0 Å². The molecule has 63 heavy (non-hydrogen) atoms. The van der Waals surface area contributed by atoms with Gasteiger partial charge in [-0.25, -0.2) is 0 Å². The van der Waals surface area contributed by atoms with E-state index in [1.165, 1.54) is 104 Å². The maximum atomic E-state index is 4.95. The third kappa shape index (κ3) is 4.47. The molecule has 5 nitrogen and oxygen atoms in total. The van der Waals surface area contributed by atoms with E-state index in [0.29, 0.717) is 0 Å². The minimum Gasteiger partial charge on any atom is -0.344 e. The zero-order valence-corrected chi connectivity index (χ0v) is 35.5. The number of rotatable bonds is 2. The van der Waals surface area contributed by atoms with Crippen molar-refractivity contribution in [1.82, 2.24) is 19.1 Å². The molecule has 6 heterocycles. The highest BCUT2D eigenvalue weighted by molar-refractivity contribution is 7.00. The Kier molecular flexibility index (Phi) is 6.79.